The van der Waals surface area contributed by atoms with Crippen molar-refractivity contribution in [1.82, 2.24) is 0 Å². The first-order valence-electron chi connectivity index (χ1n) is 4.69. The zero-order chi connectivity index (χ0) is 10.9. The summed E-state index contributed by atoms with van der Waals surface area (Å²) in [5, 5.41) is 4.34. The lowest BCUT2D eigenvalue weighted by Crippen LogP contribution is -1.78. The lowest BCUT2D eigenvalue weighted by molar-refractivity contribution is 0.996. The highest BCUT2D eigenvalue weighted by Gasteiger charge is 1.89. The Balaban J connectivity index is 2.46. The Morgan fingerprint density at radius 3 is 2.67 bits per heavy atom. The average Bonchev–Trinajstić information content (AvgIpc) is 2.30. The summed E-state index contributed by atoms with van der Waals surface area (Å²) in [6.45, 7) is 0.520. The zero-order valence-corrected chi connectivity index (χ0v) is 9.89. The number of benzene rings is 1. The molecule has 0 fully saturated rings. The van der Waals surface area contributed by atoms with Crippen LogP contribution in [0.4, 0.5) is 0 Å². The van der Waals surface area contributed by atoms with Gasteiger partial charge in [-0.15, -0.1) is 0 Å². The summed E-state index contributed by atoms with van der Waals surface area (Å²) in [5.74, 6) is 0. The second kappa shape index (κ2) is 7.10. The van der Waals surface area contributed by atoms with Crippen LogP contribution in [0.2, 0.25) is 0 Å². The predicted molar refractivity (Wildman–Crippen MR) is 66.7 cm³/mol. The molecule has 0 spiro atoms. The third kappa shape index (κ3) is 4.68. The van der Waals surface area contributed by atoms with Crippen molar-refractivity contribution < 1.29 is 0 Å². The molecular formula is C11H12BrN3. The van der Waals surface area contributed by atoms with E-state index in [-0.39, 0.29) is 0 Å². The minimum Gasteiger partial charge on any atom is -0.0937 e. The number of nitrogens with zero attached hydrogens (tertiary/aromatic N) is 3. The predicted octanol–water partition coefficient (Wildman–Crippen LogP) is 4.30. The number of hydrogen-bond donors (Lipinski definition) is 0. The molecule has 1 aromatic rings. The third-order valence-corrected chi connectivity index (χ3v) is 2.55. The van der Waals surface area contributed by atoms with Gasteiger partial charge in [-0.3, -0.25) is 0 Å². The van der Waals surface area contributed by atoms with Crippen molar-refractivity contribution in [1.29, 1.82) is 0 Å². The molecule has 0 amide bonds. The summed E-state index contributed by atoms with van der Waals surface area (Å²) in [6, 6.07) is 8.31. The molecule has 0 aliphatic rings. The number of halogens is 1. The summed E-state index contributed by atoms with van der Waals surface area (Å²) in [6.07, 6.45) is 4.83. The summed E-state index contributed by atoms with van der Waals surface area (Å²) >= 11 is 3.40. The molecule has 0 aliphatic carbocycles. The standard InChI is InChI=1S/C11H12BrN3/c12-9-11-6-4-10(5-7-11)3-1-2-8-14-15-13/h1,3-7H,2,8-9H2. The van der Waals surface area contributed by atoms with E-state index in [1.54, 1.807) is 0 Å². The van der Waals surface area contributed by atoms with Crippen molar-refractivity contribution in [2.45, 2.75) is 11.8 Å². The minimum absolute atomic E-state index is 0.520. The summed E-state index contributed by atoms with van der Waals surface area (Å²) < 4.78 is 0. The van der Waals surface area contributed by atoms with Crippen LogP contribution in [0.15, 0.2) is 35.5 Å². The Morgan fingerprint density at radius 2 is 2.07 bits per heavy atom. The van der Waals surface area contributed by atoms with E-state index in [9.17, 15) is 0 Å². The van der Waals surface area contributed by atoms with E-state index in [1.165, 1.54) is 11.1 Å². The highest BCUT2D eigenvalue weighted by Crippen LogP contribution is 2.09. The maximum atomic E-state index is 8.07. The van der Waals surface area contributed by atoms with Crippen molar-refractivity contribution in [2.75, 3.05) is 6.54 Å². The first kappa shape index (κ1) is 11.8. The molecule has 78 valence electrons. The van der Waals surface area contributed by atoms with Gasteiger partial charge in [-0.25, -0.2) is 0 Å². The first-order chi connectivity index (χ1) is 7.36. The minimum atomic E-state index is 0.520. The Morgan fingerprint density at radius 1 is 1.33 bits per heavy atom. The van der Waals surface area contributed by atoms with Gasteiger partial charge in [0.25, 0.3) is 0 Å². The Hall–Kier alpha value is -1.25. The van der Waals surface area contributed by atoms with Gasteiger partial charge < -0.3 is 0 Å². The van der Waals surface area contributed by atoms with Crippen molar-refractivity contribution in [2.24, 2.45) is 5.11 Å². The molecule has 1 rings (SSSR count). The number of azide groups is 1. The van der Waals surface area contributed by atoms with E-state index in [2.05, 4.69) is 50.2 Å². The molecule has 0 radical (unpaired) electrons. The van der Waals surface area contributed by atoms with Gasteiger partial charge in [-0.05, 0) is 23.1 Å². The fourth-order valence-corrected chi connectivity index (χ4v) is 1.49. The van der Waals surface area contributed by atoms with Gasteiger partial charge in [0.2, 0.25) is 0 Å². The number of hydrogen-bond acceptors (Lipinski definition) is 1. The van der Waals surface area contributed by atoms with Crippen LogP contribution < -0.4 is 0 Å². The van der Waals surface area contributed by atoms with Gasteiger partial charge in [0.15, 0.2) is 0 Å². The van der Waals surface area contributed by atoms with Gasteiger partial charge in [0.1, 0.15) is 0 Å². The first-order valence-corrected chi connectivity index (χ1v) is 5.81. The number of alkyl halides is 1. The average molecular weight is 266 g/mol. The van der Waals surface area contributed by atoms with Crippen LogP contribution >= 0.6 is 15.9 Å². The van der Waals surface area contributed by atoms with E-state index < -0.39 is 0 Å². The van der Waals surface area contributed by atoms with E-state index in [4.69, 9.17) is 5.53 Å². The van der Waals surface area contributed by atoms with Crippen molar-refractivity contribution >= 4 is 22.0 Å². The fraction of sp³-hybridized carbons (Fsp3) is 0.273. The normalized spacial score (nSPS) is 10.2. The number of rotatable bonds is 5. The molecule has 0 heterocycles. The Kier molecular flexibility index (Phi) is 5.59. The summed E-state index contributed by atoms with van der Waals surface area (Å²) in [4.78, 5) is 2.69. The Bertz CT molecular complexity index is 364. The van der Waals surface area contributed by atoms with E-state index in [1.807, 2.05) is 12.2 Å². The molecule has 0 unspecified atom stereocenters. The van der Waals surface area contributed by atoms with Crippen molar-refractivity contribution in [3.8, 4) is 0 Å². The maximum absolute atomic E-state index is 8.07. The van der Waals surface area contributed by atoms with Crippen LogP contribution in [0.3, 0.4) is 0 Å². The maximum Gasteiger partial charge on any atom is 0.0292 e. The molecule has 0 atom stereocenters. The smallest absolute Gasteiger partial charge is 0.0292 e. The molecular weight excluding hydrogens is 254 g/mol. The molecule has 0 saturated carbocycles. The quantitative estimate of drug-likeness (QED) is 0.251. The van der Waals surface area contributed by atoms with Crippen LogP contribution in [-0.2, 0) is 5.33 Å². The lowest BCUT2D eigenvalue weighted by atomic mass is 10.1. The molecule has 0 aliphatic heterocycles. The Labute approximate surface area is 97.6 Å². The van der Waals surface area contributed by atoms with Gasteiger partial charge in [0, 0.05) is 16.8 Å². The monoisotopic (exact) mass is 265 g/mol. The summed E-state index contributed by atoms with van der Waals surface area (Å²) in [7, 11) is 0. The molecule has 0 N–H and O–H groups in total. The van der Waals surface area contributed by atoms with Crippen molar-refractivity contribution in [3.05, 3.63) is 51.9 Å². The highest BCUT2D eigenvalue weighted by molar-refractivity contribution is 9.08. The van der Waals surface area contributed by atoms with Crippen LogP contribution in [0.1, 0.15) is 17.5 Å². The van der Waals surface area contributed by atoms with Gasteiger partial charge in [0.05, 0.1) is 0 Å². The molecule has 15 heavy (non-hydrogen) atoms. The molecule has 0 saturated heterocycles. The molecule has 0 aromatic heterocycles. The van der Waals surface area contributed by atoms with Crippen LogP contribution in [-0.4, -0.2) is 6.54 Å². The van der Waals surface area contributed by atoms with Crippen LogP contribution in [0.25, 0.3) is 16.5 Å². The lowest BCUT2D eigenvalue weighted by Gasteiger charge is -1.96. The topological polar surface area (TPSA) is 48.8 Å². The molecule has 1 aromatic carbocycles. The van der Waals surface area contributed by atoms with Gasteiger partial charge >= 0.3 is 0 Å². The molecule has 4 heteroatoms. The second-order valence-electron chi connectivity index (χ2n) is 3.02. The van der Waals surface area contributed by atoms with Crippen molar-refractivity contribution in [3.63, 3.8) is 0 Å². The van der Waals surface area contributed by atoms with E-state index in [0.717, 1.165) is 11.8 Å². The molecule has 0 bridgehead atoms. The second-order valence-corrected chi connectivity index (χ2v) is 3.58. The third-order valence-electron chi connectivity index (χ3n) is 1.90. The van der Waals surface area contributed by atoms with E-state index >= 15 is 0 Å². The summed E-state index contributed by atoms with van der Waals surface area (Å²) in [5.41, 5.74) is 10.5. The van der Waals surface area contributed by atoms with Gasteiger partial charge in [-0.1, -0.05) is 57.5 Å². The van der Waals surface area contributed by atoms with Crippen LogP contribution in [0, 0.1) is 0 Å². The fourth-order valence-electron chi connectivity index (χ4n) is 1.11. The molecule has 3 nitrogen and oxygen atoms in total. The van der Waals surface area contributed by atoms with Gasteiger partial charge in [-0.2, -0.15) is 0 Å². The van der Waals surface area contributed by atoms with Crippen LogP contribution in [0.5, 0.6) is 0 Å². The SMILES string of the molecule is [N-]=[N+]=NCCC=Cc1ccc(CBr)cc1. The zero-order valence-electron chi connectivity index (χ0n) is 8.31. The van der Waals surface area contributed by atoms with E-state index in [0.29, 0.717) is 6.54 Å². The highest BCUT2D eigenvalue weighted by atomic mass is 79.9. The largest absolute Gasteiger partial charge is 0.0937 e.